The van der Waals surface area contributed by atoms with Gasteiger partial charge in [0.1, 0.15) is 0 Å². The molecule has 0 fully saturated rings. The predicted molar refractivity (Wildman–Crippen MR) is 76.2 cm³/mol. The van der Waals surface area contributed by atoms with E-state index in [1.807, 2.05) is 30.3 Å². The molecule has 20 heavy (non-hydrogen) atoms. The van der Waals surface area contributed by atoms with Gasteiger partial charge in [0.05, 0.1) is 17.4 Å². The number of nitrogens with zero attached hydrogens (tertiary/aromatic N) is 2. The molecule has 100 valence electrons. The molecule has 0 saturated carbocycles. The summed E-state index contributed by atoms with van der Waals surface area (Å²) in [6, 6.07) is 16.2. The first-order chi connectivity index (χ1) is 9.69. The zero-order valence-corrected chi connectivity index (χ0v) is 10.7. The van der Waals surface area contributed by atoms with Crippen LogP contribution < -0.4 is 5.32 Å². The van der Waals surface area contributed by atoms with Gasteiger partial charge in [-0.15, -0.1) is 0 Å². The predicted octanol–water partition coefficient (Wildman–Crippen LogP) is 3.27. The Balaban J connectivity index is 2.05. The minimum absolute atomic E-state index is 0.0857. The monoisotopic (exact) mass is 267 g/mol. The van der Waals surface area contributed by atoms with Crippen LogP contribution in [0.15, 0.2) is 48.5 Å². The molecule has 0 radical (unpaired) electrons. The van der Waals surface area contributed by atoms with Crippen LogP contribution in [0.5, 0.6) is 0 Å². The number of anilines is 1. The molecule has 0 saturated heterocycles. The molecule has 0 heterocycles. The van der Waals surface area contributed by atoms with Crippen molar-refractivity contribution < 1.29 is 4.92 Å². The molecule has 0 aliphatic carbocycles. The Hall–Kier alpha value is -2.87. The molecule has 5 nitrogen and oxygen atoms in total. The highest BCUT2D eigenvalue weighted by Crippen LogP contribution is 2.16. The second-order valence-electron chi connectivity index (χ2n) is 4.32. The summed E-state index contributed by atoms with van der Waals surface area (Å²) in [4.78, 5) is 10.3. The highest BCUT2D eigenvalue weighted by Gasteiger charge is 2.05. The first-order valence-corrected chi connectivity index (χ1v) is 6.12. The van der Waals surface area contributed by atoms with Crippen molar-refractivity contribution in [2.75, 3.05) is 5.32 Å². The Bertz CT molecular complexity index is 662. The van der Waals surface area contributed by atoms with Gasteiger partial charge in [0.2, 0.25) is 0 Å². The highest BCUT2D eigenvalue weighted by molar-refractivity contribution is 5.47. The average Bonchev–Trinajstić information content (AvgIpc) is 2.46. The van der Waals surface area contributed by atoms with Crippen LogP contribution in [-0.4, -0.2) is 4.92 Å². The minimum Gasteiger partial charge on any atom is -0.381 e. The van der Waals surface area contributed by atoms with Gasteiger partial charge in [0, 0.05) is 24.4 Å². The fourth-order valence-corrected chi connectivity index (χ4v) is 1.87. The van der Waals surface area contributed by atoms with E-state index in [0.29, 0.717) is 13.0 Å². The molecule has 2 rings (SSSR count). The van der Waals surface area contributed by atoms with Crippen LogP contribution in [-0.2, 0) is 13.0 Å². The molecular weight excluding hydrogens is 254 g/mol. The molecule has 0 spiro atoms. The summed E-state index contributed by atoms with van der Waals surface area (Å²) in [7, 11) is 0. The Kier molecular flexibility index (Phi) is 4.30. The third-order valence-electron chi connectivity index (χ3n) is 2.83. The topological polar surface area (TPSA) is 79.0 Å². The summed E-state index contributed by atoms with van der Waals surface area (Å²) in [6.07, 6.45) is 0.367. The molecule has 1 N–H and O–H groups in total. The largest absolute Gasteiger partial charge is 0.381 e. The molecule has 2 aromatic carbocycles. The smallest absolute Gasteiger partial charge is 0.269 e. The van der Waals surface area contributed by atoms with Gasteiger partial charge >= 0.3 is 0 Å². The lowest BCUT2D eigenvalue weighted by Gasteiger charge is -2.07. The number of hydrogen-bond acceptors (Lipinski definition) is 4. The first-order valence-electron chi connectivity index (χ1n) is 6.12. The number of non-ortho nitro benzene ring substituents is 1. The fraction of sp³-hybridized carbons (Fsp3) is 0.133. The second kappa shape index (κ2) is 6.34. The first kappa shape index (κ1) is 13.6. The van der Waals surface area contributed by atoms with E-state index in [1.165, 1.54) is 6.07 Å². The standard InChI is InChI=1S/C15H13N3O2/c16-8-7-12-3-1-5-14(9-12)17-11-13-4-2-6-15(10-13)18(19)20/h1-6,9-10,17H,7,11H2. The van der Waals surface area contributed by atoms with E-state index in [9.17, 15) is 10.1 Å². The Labute approximate surface area is 116 Å². The van der Waals surface area contributed by atoms with Gasteiger partial charge in [0.25, 0.3) is 5.69 Å². The summed E-state index contributed by atoms with van der Waals surface area (Å²) >= 11 is 0. The maximum Gasteiger partial charge on any atom is 0.269 e. The lowest BCUT2D eigenvalue weighted by atomic mass is 10.1. The molecule has 0 aromatic heterocycles. The zero-order chi connectivity index (χ0) is 14.4. The number of rotatable bonds is 5. The van der Waals surface area contributed by atoms with Gasteiger partial charge in [-0.2, -0.15) is 5.26 Å². The van der Waals surface area contributed by atoms with Crippen molar-refractivity contribution in [3.63, 3.8) is 0 Å². The summed E-state index contributed by atoms with van der Waals surface area (Å²) in [5.41, 5.74) is 2.76. The van der Waals surface area contributed by atoms with Crippen LogP contribution >= 0.6 is 0 Å². The zero-order valence-electron chi connectivity index (χ0n) is 10.7. The van der Waals surface area contributed by atoms with Crippen molar-refractivity contribution in [2.24, 2.45) is 0 Å². The van der Waals surface area contributed by atoms with Gasteiger partial charge in [-0.1, -0.05) is 24.3 Å². The molecule has 0 aliphatic rings. The summed E-state index contributed by atoms with van der Waals surface area (Å²) in [5, 5.41) is 22.6. The molecule has 0 aliphatic heterocycles. The van der Waals surface area contributed by atoms with E-state index in [0.717, 1.165) is 16.8 Å². The normalized spacial score (nSPS) is 9.75. The number of nitrogens with one attached hydrogen (secondary N) is 1. The number of hydrogen-bond donors (Lipinski definition) is 1. The number of nitro groups is 1. The van der Waals surface area contributed by atoms with Crippen molar-refractivity contribution in [1.29, 1.82) is 5.26 Å². The van der Waals surface area contributed by atoms with Crippen molar-refractivity contribution >= 4 is 11.4 Å². The van der Waals surface area contributed by atoms with E-state index in [-0.39, 0.29) is 5.69 Å². The van der Waals surface area contributed by atoms with E-state index in [2.05, 4.69) is 11.4 Å². The molecular formula is C15H13N3O2. The van der Waals surface area contributed by atoms with Crippen LogP contribution in [0, 0.1) is 21.4 Å². The molecule has 0 bridgehead atoms. The van der Waals surface area contributed by atoms with E-state index in [4.69, 9.17) is 5.26 Å². The lowest BCUT2D eigenvalue weighted by molar-refractivity contribution is -0.384. The number of nitriles is 1. The van der Waals surface area contributed by atoms with Crippen LogP contribution in [0.1, 0.15) is 11.1 Å². The van der Waals surface area contributed by atoms with Crippen molar-refractivity contribution in [3.05, 3.63) is 69.8 Å². The van der Waals surface area contributed by atoms with Gasteiger partial charge in [-0.3, -0.25) is 10.1 Å². The summed E-state index contributed by atoms with van der Waals surface area (Å²) in [5.74, 6) is 0. The maximum absolute atomic E-state index is 10.7. The Morgan fingerprint density at radius 1 is 1.15 bits per heavy atom. The van der Waals surface area contributed by atoms with Crippen molar-refractivity contribution in [1.82, 2.24) is 0 Å². The minimum atomic E-state index is -0.406. The molecule has 2 aromatic rings. The van der Waals surface area contributed by atoms with Gasteiger partial charge in [-0.05, 0) is 23.3 Å². The molecule has 0 atom stereocenters. The molecule has 0 unspecified atom stereocenters. The van der Waals surface area contributed by atoms with Crippen molar-refractivity contribution in [3.8, 4) is 6.07 Å². The van der Waals surface area contributed by atoms with Crippen molar-refractivity contribution in [2.45, 2.75) is 13.0 Å². The fourth-order valence-electron chi connectivity index (χ4n) is 1.87. The lowest BCUT2D eigenvalue weighted by Crippen LogP contribution is -2.00. The second-order valence-corrected chi connectivity index (χ2v) is 4.32. The van der Waals surface area contributed by atoms with E-state index >= 15 is 0 Å². The van der Waals surface area contributed by atoms with Crippen LogP contribution in [0.25, 0.3) is 0 Å². The Morgan fingerprint density at radius 2 is 1.90 bits per heavy atom. The van der Waals surface area contributed by atoms with E-state index in [1.54, 1.807) is 12.1 Å². The van der Waals surface area contributed by atoms with Crippen LogP contribution in [0.4, 0.5) is 11.4 Å². The Morgan fingerprint density at radius 3 is 2.65 bits per heavy atom. The number of nitro benzene ring substituents is 1. The average molecular weight is 267 g/mol. The summed E-state index contributed by atoms with van der Waals surface area (Å²) < 4.78 is 0. The molecule has 5 heteroatoms. The van der Waals surface area contributed by atoms with Gasteiger partial charge < -0.3 is 5.32 Å². The highest BCUT2D eigenvalue weighted by atomic mass is 16.6. The molecule has 0 amide bonds. The van der Waals surface area contributed by atoms with Crippen LogP contribution in [0.2, 0.25) is 0 Å². The van der Waals surface area contributed by atoms with Gasteiger partial charge in [0.15, 0.2) is 0 Å². The van der Waals surface area contributed by atoms with Gasteiger partial charge in [-0.25, -0.2) is 0 Å². The SMILES string of the molecule is N#CCc1cccc(NCc2cccc([N+](=O)[O-])c2)c1. The quantitative estimate of drug-likeness (QED) is 0.666. The third kappa shape index (κ3) is 3.56. The van der Waals surface area contributed by atoms with E-state index < -0.39 is 4.92 Å². The third-order valence-corrected chi connectivity index (χ3v) is 2.83. The number of benzene rings is 2. The maximum atomic E-state index is 10.7. The van der Waals surface area contributed by atoms with Crippen LogP contribution in [0.3, 0.4) is 0 Å². The summed E-state index contributed by atoms with van der Waals surface area (Å²) in [6.45, 7) is 0.498.